The lowest BCUT2D eigenvalue weighted by atomic mass is 10.1. The van der Waals surface area contributed by atoms with Crippen LogP contribution in [0.4, 0.5) is 11.4 Å². The van der Waals surface area contributed by atoms with Gasteiger partial charge in [0.15, 0.2) is 0 Å². The predicted molar refractivity (Wildman–Crippen MR) is 93.5 cm³/mol. The molecule has 0 saturated carbocycles. The fourth-order valence-electron chi connectivity index (χ4n) is 2.42. The minimum Gasteiger partial charge on any atom is -0.481 e. The molecule has 25 heavy (non-hydrogen) atoms. The van der Waals surface area contributed by atoms with Gasteiger partial charge in [-0.3, -0.25) is 9.35 Å². The molecule has 0 heterocycles. The van der Waals surface area contributed by atoms with Crippen molar-refractivity contribution in [2.75, 3.05) is 23.3 Å². The highest BCUT2D eigenvalue weighted by molar-refractivity contribution is 7.86. The first kappa shape index (κ1) is 20.9. The lowest BCUT2D eigenvalue weighted by Gasteiger charge is -2.25. The molecule has 140 valence electrons. The van der Waals surface area contributed by atoms with Crippen LogP contribution in [-0.2, 0) is 19.7 Å². The Morgan fingerprint density at radius 3 is 2.40 bits per heavy atom. The molecule has 0 spiro atoms. The highest BCUT2D eigenvalue weighted by Gasteiger charge is 2.23. The maximum Gasteiger partial charge on any atom is 0.305 e. The van der Waals surface area contributed by atoms with E-state index in [0.717, 1.165) is 0 Å². The number of nitrogens with two attached hydrogens (primary N) is 1. The van der Waals surface area contributed by atoms with Gasteiger partial charge in [-0.25, -0.2) is 0 Å². The number of anilines is 2. The van der Waals surface area contributed by atoms with Crippen molar-refractivity contribution in [3.8, 4) is 0 Å². The Morgan fingerprint density at radius 2 is 1.96 bits per heavy atom. The van der Waals surface area contributed by atoms with Crippen LogP contribution >= 0.6 is 0 Å². The standard InChI is InChI=1S/C15H23N3O6S/c1-3-18(4-2)13-6-5-10(7-14(13)25(22,23)24)17-12(8-15(20)21)11(16)9-19/h5-7,9,11-12,17H,3-4,8,16H2,1-2H3,(H,20,21)(H,22,23,24)/t11-,12?/m1/s1. The molecule has 0 aromatic heterocycles. The lowest BCUT2D eigenvalue weighted by Crippen LogP contribution is -2.43. The molecule has 0 aliphatic heterocycles. The molecule has 0 aliphatic rings. The number of hydrogen-bond acceptors (Lipinski definition) is 7. The van der Waals surface area contributed by atoms with Crippen LogP contribution in [0, 0.1) is 0 Å². The van der Waals surface area contributed by atoms with Gasteiger partial charge in [-0.05, 0) is 32.0 Å². The fraction of sp³-hybridized carbons (Fsp3) is 0.467. The summed E-state index contributed by atoms with van der Waals surface area (Å²) in [6.07, 6.45) is -0.0204. The highest BCUT2D eigenvalue weighted by atomic mass is 32.2. The Bertz CT molecular complexity index is 718. The van der Waals surface area contributed by atoms with Crippen LogP contribution in [0.3, 0.4) is 0 Å². The van der Waals surface area contributed by atoms with Crippen LogP contribution in [0.5, 0.6) is 0 Å². The van der Waals surface area contributed by atoms with Gasteiger partial charge in [0.25, 0.3) is 10.1 Å². The summed E-state index contributed by atoms with van der Waals surface area (Å²) in [6.45, 7) is 4.75. The molecule has 0 bridgehead atoms. The second-order valence-electron chi connectivity index (χ2n) is 5.39. The predicted octanol–water partition coefficient (Wildman–Crippen LogP) is 0.561. The van der Waals surface area contributed by atoms with Crippen molar-refractivity contribution in [2.45, 2.75) is 37.2 Å². The van der Waals surface area contributed by atoms with Crippen LogP contribution < -0.4 is 16.0 Å². The maximum absolute atomic E-state index is 11.7. The Morgan fingerprint density at radius 1 is 1.36 bits per heavy atom. The first-order chi connectivity index (χ1) is 11.6. The van der Waals surface area contributed by atoms with Crippen molar-refractivity contribution in [1.29, 1.82) is 0 Å². The minimum absolute atomic E-state index is 0.229. The van der Waals surface area contributed by atoms with E-state index in [0.29, 0.717) is 25.1 Å². The molecule has 0 amide bonds. The molecule has 1 unspecified atom stereocenters. The zero-order valence-corrected chi connectivity index (χ0v) is 14.9. The summed E-state index contributed by atoms with van der Waals surface area (Å²) in [7, 11) is -4.50. The van der Waals surface area contributed by atoms with Crippen LogP contribution in [-0.4, -0.2) is 55.5 Å². The summed E-state index contributed by atoms with van der Waals surface area (Å²) in [5.74, 6) is -1.16. The summed E-state index contributed by atoms with van der Waals surface area (Å²) in [5, 5.41) is 11.7. The average Bonchev–Trinajstić information content (AvgIpc) is 2.54. The van der Waals surface area contributed by atoms with Gasteiger partial charge in [-0.1, -0.05) is 0 Å². The van der Waals surface area contributed by atoms with E-state index >= 15 is 0 Å². The van der Waals surface area contributed by atoms with Gasteiger partial charge in [0, 0.05) is 18.8 Å². The third kappa shape index (κ3) is 5.69. The van der Waals surface area contributed by atoms with Crippen molar-refractivity contribution in [1.82, 2.24) is 0 Å². The molecule has 1 aromatic carbocycles. The van der Waals surface area contributed by atoms with Gasteiger partial charge >= 0.3 is 5.97 Å². The number of carboxylic acid groups (broad SMARTS) is 1. The third-order valence-electron chi connectivity index (χ3n) is 3.71. The molecular weight excluding hydrogens is 350 g/mol. The molecule has 0 fully saturated rings. The zero-order chi connectivity index (χ0) is 19.2. The van der Waals surface area contributed by atoms with Crippen LogP contribution in [0.25, 0.3) is 0 Å². The smallest absolute Gasteiger partial charge is 0.305 e. The van der Waals surface area contributed by atoms with E-state index in [9.17, 15) is 22.6 Å². The summed E-state index contributed by atoms with van der Waals surface area (Å²) >= 11 is 0. The number of carboxylic acids is 1. The van der Waals surface area contributed by atoms with Crippen molar-refractivity contribution >= 4 is 33.7 Å². The van der Waals surface area contributed by atoms with Crippen LogP contribution in [0.15, 0.2) is 23.1 Å². The first-order valence-corrected chi connectivity index (χ1v) is 9.13. The topological polar surface area (TPSA) is 150 Å². The maximum atomic E-state index is 11.7. The quantitative estimate of drug-likeness (QED) is 0.341. The van der Waals surface area contributed by atoms with E-state index in [2.05, 4.69) is 5.32 Å². The van der Waals surface area contributed by atoms with Gasteiger partial charge in [0.1, 0.15) is 11.2 Å². The number of carbonyl (C=O) groups excluding carboxylic acids is 1. The Balaban J connectivity index is 3.29. The van der Waals surface area contributed by atoms with Gasteiger partial charge in [-0.2, -0.15) is 8.42 Å². The van der Waals surface area contributed by atoms with Crippen molar-refractivity contribution in [3.63, 3.8) is 0 Å². The van der Waals surface area contributed by atoms with Crippen LogP contribution in [0.1, 0.15) is 20.3 Å². The molecule has 0 saturated heterocycles. The Kier molecular flexibility index (Phi) is 7.34. The summed E-state index contributed by atoms with van der Waals surface area (Å²) in [5.41, 5.74) is 6.14. The number of benzene rings is 1. The molecule has 1 rings (SSSR count). The summed E-state index contributed by atoms with van der Waals surface area (Å²) < 4.78 is 33.0. The normalized spacial score (nSPS) is 13.8. The number of aldehydes is 1. The van der Waals surface area contributed by atoms with E-state index in [1.807, 2.05) is 13.8 Å². The van der Waals surface area contributed by atoms with Gasteiger partial charge in [-0.15, -0.1) is 0 Å². The third-order valence-corrected chi connectivity index (χ3v) is 4.59. The Labute approximate surface area is 146 Å². The van der Waals surface area contributed by atoms with Crippen molar-refractivity contribution in [3.05, 3.63) is 18.2 Å². The second kappa shape index (κ2) is 8.79. The summed E-state index contributed by atoms with van der Waals surface area (Å²) in [4.78, 5) is 23.2. The first-order valence-electron chi connectivity index (χ1n) is 7.69. The highest BCUT2D eigenvalue weighted by Crippen LogP contribution is 2.29. The van der Waals surface area contributed by atoms with Crippen molar-refractivity contribution < 1.29 is 27.7 Å². The van der Waals surface area contributed by atoms with Gasteiger partial charge in [0.05, 0.1) is 24.2 Å². The number of rotatable bonds is 10. The lowest BCUT2D eigenvalue weighted by molar-refractivity contribution is -0.137. The largest absolute Gasteiger partial charge is 0.481 e. The number of hydrogen-bond donors (Lipinski definition) is 4. The van der Waals surface area contributed by atoms with Crippen molar-refractivity contribution in [2.24, 2.45) is 5.73 Å². The van der Waals surface area contributed by atoms with E-state index in [4.69, 9.17) is 10.8 Å². The molecule has 2 atom stereocenters. The molecule has 0 aliphatic carbocycles. The number of carbonyl (C=O) groups is 2. The number of nitrogens with zero attached hydrogens (tertiary/aromatic N) is 1. The SMILES string of the molecule is CCN(CC)c1ccc(NC(CC(=O)O)[C@H](N)C=O)cc1S(=O)(=O)O. The molecule has 10 heteroatoms. The molecule has 9 nitrogen and oxygen atoms in total. The van der Waals surface area contributed by atoms with Gasteiger partial charge in [0.2, 0.25) is 0 Å². The molecule has 5 N–H and O–H groups in total. The monoisotopic (exact) mass is 373 g/mol. The number of aliphatic carboxylic acids is 1. The van der Waals surface area contributed by atoms with E-state index < -0.39 is 34.6 Å². The Hall–Kier alpha value is -2.17. The molecule has 0 radical (unpaired) electrons. The zero-order valence-electron chi connectivity index (χ0n) is 14.0. The minimum atomic E-state index is -4.50. The van der Waals surface area contributed by atoms with E-state index in [1.54, 1.807) is 4.90 Å². The molecule has 1 aromatic rings. The second-order valence-corrected chi connectivity index (χ2v) is 6.78. The number of nitrogens with one attached hydrogen (secondary N) is 1. The van der Waals surface area contributed by atoms with E-state index in [1.165, 1.54) is 18.2 Å². The van der Waals surface area contributed by atoms with Gasteiger partial charge < -0.3 is 25.9 Å². The summed E-state index contributed by atoms with van der Waals surface area (Å²) in [6, 6.07) is 2.21. The van der Waals surface area contributed by atoms with Crippen LogP contribution in [0.2, 0.25) is 0 Å². The molecular formula is C15H23N3O6S. The van der Waals surface area contributed by atoms with E-state index in [-0.39, 0.29) is 10.6 Å². The fourth-order valence-corrected chi connectivity index (χ4v) is 3.15. The average molecular weight is 373 g/mol.